The molecule has 0 radical (unpaired) electrons. The number of ketones is 1. The lowest BCUT2D eigenvalue weighted by atomic mass is 9.74. The minimum absolute atomic E-state index is 0.0471. The van der Waals surface area contributed by atoms with Gasteiger partial charge in [-0.2, -0.15) is 0 Å². The normalized spacial score (nSPS) is 16.7. The first-order valence-electron chi connectivity index (χ1n) is 8.87. The van der Waals surface area contributed by atoms with Crippen LogP contribution in [0.4, 0.5) is 8.78 Å². The second-order valence-electron chi connectivity index (χ2n) is 7.71. The van der Waals surface area contributed by atoms with Crippen LogP contribution in [-0.4, -0.2) is 10.9 Å². The van der Waals surface area contributed by atoms with E-state index in [4.69, 9.17) is 11.6 Å². The maximum Gasteiger partial charge on any atom is 0.178 e. The van der Waals surface area contributed by atoms with Gasteiger partial charge in [-0.1, -0.05) is 44.5 Å². The van der Waals surface area contributed by atoms with Gasteiger partial charge in [0.2, 0.25) is 0 Å². The van der Waals surface area contributed by atoms with Crippen LogP contribution in [-0.2, 0) is 11.2 Å². The first-order chi connectivity index (χ1) is 12.6. The Labute approximate surface area is 162 Å². The van der Waals surface area contributed by atoms with Gasteiger partial charge in [-0.25, -0.2) is 8.78 Å². The highest BCUT2D eigenvalue weighted by molar-refractivity contribution is 6.30. The first kappa shape index (κ1) is 19.6. The van der Waals surface area contributed by atoms with Crippen LogP contribution in [0, 0.1) is 17.0 Å². The number of aliphatic hydroxyl groups is 1. The van der Waals surface area contributed by atoms with Crippen molar-refractivity contribution in [3.05, 3.63) is 63.9 Å². The van der Waals surface area contributed by atoms with E-state index >= 15 is 0 Å². The summed E-state index contributed by atoms with van der Waals surface area (Å²) in [7, 11) is 0. The van der Waals surface area contributed by atoms with Crippen LogP contribution in [0.5, 0.6) is 0 Å². The molecule has 2 aromatic rings. The molecule has 0 bridgehead atoms. The van der Waals surface area contributed by atoms with Crippen LogP contribution in [0.2, 0.25) is 5.02 Å². The van der Waals surface area contributed by atoms with Gasteiger partial charge >= 0.3 is 0 Å². The number of halogens is 3. The van der Waals surface area contributed by atoms with Crippen molar-refractivity contribution in [3.63, 3.8) is 0 Å². The van der Waals surface area contributed by atoms with Crippen LogP contribution >= 0.6 is 11.6 Å². The molecule has 0 spiro atoms. The molecule has 3 rings (SSSR count). The SMILES string of the molecule is CCc1ccc(-c2ccc(Cl)c(F)c2F)cc1C1=C(O)CC(C)(C)CC1=O. The van der Waals surface area contributed by atoms with Crippen molar-refractivity contribution in [1.82, 2.24) is 0 Å². The number of hydrogen-bond acceptors (Lipinski definition) is 2. The zero-order valence-corrected chi connectivity index (χ0v) is 16.3. The Morgan fingerprint density at radius 2 is 1.78 bits per heavy atom. The van der Waals surface area contributed by atoms with Crippen molar-refractivity contribution >= 4 is 23.0 Å². The Bertz CT molecular complexity index is 961. The van der Waals surface area contributed by atoms with Gasteiger partial charge in [-0.05, 0) is 46.7 Å². The standard InChI is InChI=1S/C22H21ClF2O2/c1-4-12-5-6-13(14-7-8-16(23)21(25)20(14)24)9-15(12)19-17(26)10-22(2,3)11-18(19)27/h5-9,26H,4,10-11H2,1-3H3. The Hall–Kier alpha value is -2.20. The van der Waals surface area contributed by atoms with Crippen LogP contribution in [0.15, 0.2) is 36.1 Å². The van der Waals surface area contributed by atoms with Gasteiger partial charge in [0.25, 0.3) is 0 Å². The van der Waals surface area contributed by atoms with Gasteiger partial charge in [-0.3, -0.25) is 4.79 Å². The molecule has 1 N–H and O–H groups in total. The van der Waals surface area contributed by atoms with Crippen LogP contribution in [0.25, 0.3) is 16.7 Å². The molecule has 0 atom stereocenters. The molecule has 27 heavy (non-hydrogen) atoms. The fourth-order valence-electron chi connectivity index (χ4n) is 3.63. The zero-order valence-electron chi connectivity index (χ0n) is 15.5. The molecular formula is C22H21ClF2O2. The summed E-state index contributed by atoms with van der Waals surface area (Å²) >= 11 is 5.64. The Balaban J connectivity index is 2.19. The Morgan fingerprint density at radius 3 is 2.41 bits per heavy atom. The summed E-state index contributed by atoms with van der Waals surface area (Å²) in [5.74, 6) is -2.23. The number of rotatable bonds is 3. The highest BCUT2D eigenvalue weighted by Crippen LogP contribution is 2.41. The molecule has 0 saturated heterocycles. The van der Waals surface area contributed by atoms with Gasteiger partial charge in [0.1, 0.15) is 5.76 Å². The number of aryl methyl sites for hydroxylation is 1. The highest BCUT2D eigenvalue weighted by Gasteiger charge is 2.34. The summed E-state index contributed by atoms with van der Waals surface area (Å²) in [6, 6.07) is 7.82. The highest BCUT2D eigenvalue weighted by atomic mass is 35.5. The number of benzene rings is 2. The maximum absolute atomic E-state index is 14.4. The monoisotopic (exact) mass is 390 g/mol. The van der Waals surface area contributed by atoms with Gasteiger partial charge in [0.05, 0.1) is 10.6 Å². The van der Waals surface area contributed by atoms with Crippen molar-refractivity contribution in [2.45, 2.75) is 40.0 Å². The summed E-state index contributed by atoms with van der Waals surface area (Å²) in [6.07, 6.45) is 1.36. The van der Waals surface area contributed by atoms with Crippen LogP contribution < -0.4 is 0 Å². The van der Waals surface area contributed by atoms with Crippen molar-refractivity contribution in [2.75, 3.05) is 0 Å². The maximum atomic E-state index is 14.4. The van der Waals surface area contributed by atoms with E-state index in [1.807, 2.05) is 20.8 Å². The van der Waals surface area contributed by atoms with E-state index in [1.54, 1.807) is 18.2 Å². The number of allylic oxidation sites excluding steroid dienone is 2. The molecule has 2 aromatic carbocycles. The summed E-state index contributed by atoms with van der Waals surface area (Å²) in [5, 5.41) is 10.3. The second kappa shape index (κ2) is 7.08. The molecule has 0 fully saturated rings. The minimum Gasteiger partial charge on any atom is -0.512 e. The summed E-state index contributed by atoms with van der Waals surface area (Å²) < 4.78 is 28.2. The molecule has 5 heteroatoms. The number of carbonyl (C=O) groups excluding carboxylic acids is 1. The second-order valence-corrected chi connectivity index (χ2v) is 8.12. The van der Waals surface area contributed by atoms with E-state index in [2.05, 4.69) is 0 Å². The number of aliphatic hydroxyl groups excluding tert-OH is 1. The lowest BCUT2D eigenvalue weighted by Crippen LogP contribution is -2.25. The van der Waals surface area contributed by atoms with Crippen molar-refractivity contribution < 1.29 is 18.7 Å². The van der Waals surface area contributed by atoms with E-state index in [9.17, 15) is 18.7 Å². The fourth-order valence-corrected chi connectivity index (χ4v) is 3.77. The van der Waals surface area contributed by atoms with E-state index in [0.717, 1.165) is 5.56 Å². The zero-order chi connectivity index (χ0) is 19.9. The third-order valence-corrected chi connectivity index (χ3v) is 5.25. The predicted molar refractivity (Wildman–Crippen MR) is 104 cm³/mol. The number of Topliss-reactive ketones (excluding diaryl/α,β-unsaturated/α-hetero) is 1. The smallest absolute Gasteiger partial charge is 0.178 e. The van der Waals surface area contributed by atoms with E-state index in [1.165, 1.54) is 12.1 Å². The van der Waals surface area contributed by atoms with Crippen molar-refractivity contribution in [2.24, 2.45) is 5.41 Å². The average molecular weight is 391 g/mol. The van der Waals surface area contributed by atoms with Gasteiger partial charge < -0.3 is 5.11 Å². The molecule has 142 valence electrons. The van der Waals surface area contributed by atoms with Crippen LogP contribution in [0.3, 0.4) is 0 Å². The molecular weight excluding hydrogens is 370 g/mol. The first-order valence-corrected chi connectivity index (χ1v) is 9.25. The van der Waals surface area contributed by atoms with E-state index in [-0.39, 0.29) is 33.1 Å². The van der Waals surface area contributed by atoms with Crippen molar-refractivity contribution in [1.29, 1.82) is 0 Å². The minimum atomic E-state index is -1.10. The predicted octanol–water partition coefficient (Wildman–Crippen LogP) is 6.51. The molecule has 1 aliphatic carbocycles. The van der Waals surface area contributed by atoms with Gasteiger partial charge in [0, 0.05) is 18.4 Å². The quantitative estimate of drug-likeness (QED) is 0.607. The summed E-state index contributed by atoms with van der Waals surface area (Å²) in [5.41, 5.74) is 1.89. The van der Waals surface area contributed by atoms with E-state index < -0.39 is 11.6 Å². The Kier molecular flexibility index (Phi) is 5.13. The number of hydrogen-bond donors (Lipinski definition) is 1. The molecule has 1 aliphatic rings. The molecule has 0 unspecified atom stereocenters. The lowest BCUT2D eigenvalue weighted by Gasteiger charge is -2.30. The molecule has 0 aliphatic heterocycles. The number of carbonyl (C=O) groups is 1. The van der Waals surface area contributed by atoms with E-state index in [0.29, 0.717) is 30.4 Å². The molecule has 0 saturated carbocycles. The van der Waals surface area contributed by atoms with Crippen LogP contribution in [0.1, 0.15) is 44.7 Å². The third-order valence-electron chi connectivity index (χ3n) is 4.96. The van der Waals surface area contributed by atoms with Gasteiger partial charge in [0.15, 0.2) is 17.4 Å². The Morgan fingerprint density at radius 1 is 1.07 bits per heavy atom. The average Bonchev–Trinajstić information content (AvgIpc) is 2.58. The molecule has 2 nitrogen and oxygen atoms in total. The molecule has 0 amide bonds. The molecule has 0 aromatic heterocycles. The van der Waals surface area contributed by atoms with Crippen molar-refractivity contribution in [3.8, 4) is 11.1 Å². The third kappa shape index (κ3) is 3.63. The summed E-state index contributed by atoms with van der Waals surface area (Å²) in [4.78, 5) is 12.7. The molecule has 0 heterocycles. The lowest BCUT2D eigenvalue weighted by molar-refractivity contribution is -0.116. The fraction of sp³-hybridized carbons (Fsp3) is 0.318. The topological polar surface area (TPSA) is 37.3 Å². The largest absolute Gasteiger partial charge is 0.512 e. The summed E-state index contributed by atoms with van der Waals surface area (Å²) in [6.45, 7) is 5.80. The van der Waals surface area contributed by atoms with Gasteiger partial charge in [-0.15, -0.1) is 0 Å².